The third-order valence-corrected chi connectivity index (χ3v) is 1.45. The van der Waals surface area contributed by atoms with Crippen molar-refractivity contribution in [3.8, 4) is 0 Å². The second-order valence-electron chi connectivity index (χ2n) is 2.19. The highest BCUT2D eigenvalue weighted by Gasteiger charge is 2.12. The van der Waals surface area contributed by atoms with Gasteiger partial charge in [0.2, 0.25) is 0 Å². The predicted molar refractivity (Wildman–Crippen MR) is 44.5 cm³/mol. The van der Waals surface area contributed by atoms with Crippen LogP contribution >= 0.6 is 7.75 Å². The lowest BCUT2D eigenvalue weighted by Crippen LogP contribution is -2.29. The van der Waals surface area contributed by atoms with Crippen molar-refractivity contribution in [3.05, 3.63) is 0 Å². The topological polar surface area (TPSA) is 148 Å². The van der Waals surface area contributed by atoms with Gasteiger partial charge in [-0.15, -0.1) is 0 Å². The summed E-state index contributed by atoms with van der Waals surface area (Å²) in [6, 6.07) is 0. The van der Waals surface area contributed by atoms with E-state index in [-0.39, 0.29) is 13.0 Å². The zero-order chi connectivity index (χ0) is 10.5. The molecule has 0 aromatic heterocycles. The van der Waals surface area contributed by atoms with Gasteiger partial charge in [-0.2, -0.15) is 0 Å². The number of aliphatic hydroxyl groups is 2. The number of aliphatic hydroxyl groups excluding tert-OH is 1. The summed E-state index contributed by atoms with van der Waals surface area (Å²) < 4.78 is 10.3. The Morgan fingerprint density at radius 1 is 1.54 bits per heavy atom. The molecule has 0 saturated carbocycles. The fourth-order valence-electron chi connectivity index (χ4n) is 0.485. The van der Waals surface area contributed by atoms with Gasteiger partial charge in [-0.3, -0.25) is 10.1 Å². The maximum atomic E-state index is 10.3. The lowest BCUT2D eigenvalue weighted by molar-refractivity contribution is -0.0429. The van der Waals surface area contributed by atoms with E-state index in [9.17, 15) is 4.57 Å². The van der Waals surface area contributed by atoms with Crippen molar-refractivity contribution >= 4 is 13.7 Å². The van der Waals surface area contributed by atoms with Gasteiger partial charge in [0.1, 0.15) is 0 Å². The van der Waals surface area contributed by atoms with Crippen molar-refractivity contribution in [1.82, 2.24) is 5.09 Å². The molecule has 0 bridgehead atoms. The van der Waals surface area contributed by atoms with Gasteiger partial charge in [0.05, 0.1) is 0 Å². The molecule has 0 aromatic rings. The quantitative estimate of drug-likeness (QED) is 0.133. The highest BCUT2D eigenvalue weighted by molar-refractivity contribution is 7.50. The lowest BCUT2D eigenvalue weighted by Gasteiger charge is -2.06. The third kappa shape index (κ3) is 9.25. The molecule has 0 spiro atoms. The van der Waals surface area contributed by atoms with Crippen molar-refractivity contribution in [2.24, 2.45) is 10.7 Å². The molecule has 13 heavy (non-hydrogen) atoms. The van der Waals surface area contributed by atoms with E-state index in [2.05, 4.69) is 4.99 Å². The van der Waals surface area contributed by atoms with E-state index in [4.69, 9.17) is 25.7 Å². The second kappa shape index (κ2) is 5.15. The molecule has 0 radical (unpaired) electrons. The maximum Gasteiger partial charge on any atom is 0.429 e. The van der Waals surface area contributed by atoms with E-state index >= 15 is 0 Å². The Hall–Kier alpha value is -0.660. The average Bonchev–Trinajstić information content (AvgIpc) is 1.81. The molecule has 8 nitrogen and oxygen atoms in total. The molecule has 0 aliphatic carbocycles. The number of aliphatic imine (C=N–C) groups is 1. The van der Waals surface area contributed by atoms with Crippen LogP contribution in [-0.4, -0.2) is 38.8 Å². The van der Waals surface area contributed by atoms with Crippen LogP contribution in [0.25, 0.3) is 0 Å². The summed E-state index contributed by atoms with van der Waals surface area (Å²) >= 11 is 0. The van der Waals surface area contributed by atoms with Gasteiger partial charge < -0.3 is 25.7 Å². The van der Waals surface area contributed by atoms with Gasteiger partial charge in [-0.25, -0.2) is 4.57 Å². The third-order valence-electron chi connectivity index (χ3n) is 0.930. The zero-order valence-electron chi connectivity index (χ0n) is 6.66. The minimum absolute atomic E-state index is 0.0312. The van der Waals surface area contributed by atoms with Crippen LogP contribution in [0.2, 0.25) is 0 Å². The van der Waals surface area contributed by atoms with Crippen LogP contribution < -0.4 is 10.8 Å². The molecule has 0 aliphatic rings. The molecule has 0 saturated heterocycles. The summed E-state index contributed by atoms with van der Waals surface area (Å²) in [7, 11) is -4.42. The first-order valence-electron chi connectivity index (χ1n) is 3.31. The Balaban J connectivity index is 3.83. The normalized spacial score (nSPS) is 13.5. The molecular formula is C4H12N3O5P. The van der Waals surface area contributed by atoms with Crippen molar-refractivity contribution in [3.63, 3.8) is 0 Å². The van der Waals surface area contributed by atoms with Crippen LogP contribution in [0.5, 0.6) is 0 Å². The van der Waals surface area contributed by atoms with Crippen molar-refractivity contribution in [2.45, 2.75) is 12.7 Å². The molecule has 7 N–H and O–H groups in total. The number of hydrogen-bond donors (Lipinski definition) is 6. The van der Waals surface area contributed by atoms with Gasteiger partial charge in [-0.05, 0) is 0 Å². The standard InChI is InChI=1S/C4H12N3O5P/c5-4(7-13(10,11)12)6-2-1-3(8)9/h3,8-9H,1-2H2,(H5,5,6,7,10,11,12). The Bertz CT molecular complexity index is 224. The summed E-state index contributed by atoms with van der Waals surface area (Å²) in [4.78, 5) is 20.1. The molecular weight excluding hydrogens is 201 g/mol. The first kappa shape index (κ1) is 12.3. The average molecular weight is 213 g/mol. The number of guanidine groups is 1. The van der Waals surface area contributed by atoms with Crippen molar-refractivity contribution < 1.29 is 24.6 Å². The molecule has 78 valence electrons. The molecule has 0 rings (SSSR count). The summed E-state index contributed by atoms with van der Waals surface area (Å²) in [5.74, 6) is -0.436. The molecule has 0 unspecified atom stereocenters. The summed E-state index contributed by atoms with van der Waals surface area (Å²) in [5, 5.41) is 18.4. The summed E-state index contributed by atoms with van der Waals surface area (Å²) in [6.45, 7) is -0.0312. The number of nitrogens with two attached hydrogens (primary N) is 1. The van der Waals surface area contributed by atoms with Gasteiger partial charge in [0.25, 0.3) is 0 Å². The smallest absolute Gasteiger partial charge is 0.370 e. The molecule has 0 aliphatic heterocycles. The SMILES string of the molecule is NC(=NCCC(O)O)NP(=O)(O)O. The number of hydrogen-bond acceptors (Lipinski definition) is 4. The first-order valence-corrected chi connectivity index (χ1v) is 4.92. The number of rotatable bonds is 4. The van der Waals surface area contributed by atoms with E-state index < -0.39 is 20.0 Å². The lowest BCUT2D eigenvalue weighted by atomic mass is 10.4. The van der Waals surface area contributed by atoms with Crippen LogP contribution in [0, 0.1) is 0 Å². The number of nitrogens with one attached hydrogen (secondary N) is 1. The summed E-state index contributed by atoms with van der Waals surface area (Å²) in [5.41, 5.74) is 5.03. The van der Waals surface area contributed by atoms with Crippen molar-refractivity contribution in [1.29, 1.82) is 0 Å². The second-order valence-corrected chi connectivity index (χ2v) is 3.50. The Morgan fingerprint density at radius 2 is 2.08 bits per heavy atom. The van der Waals surface area contributed by atoms with E-state index in [0.29, 0.717) is 0 Å². The molecule has 0 amide bonds. The monoisotopic (exact) mass is 213 g/mol. The Kier molecular flexibility index (Phi) is 4.89. The first-order chi connectivity index (χ1) is 5.81. The molecule has 0 heterocycles. The van der Waals surface area contributed by atoms with Crippen LogP contribution in [-0.2, 0) is 4.57 Å². The number of nitrogens with zero attached hydrogens (tertiary/aromatic N) is 1. The predicted octanol–water partition coefficient (Wildman–Crippen LogP) is -2.32. The van der Waals surface area contributed by atoms with Gasteiger partial charge >= 0.3 is 7.75 Å². The minimum atomic E-state index is -4.42. The fraction of sp³-hybridized carbons (Fsp3) is 0.750. The molecule has 9 heteroatoms. The van der Waals surface area contributed by atoms with Crippen molar-refractivity contribution in [2.75, 3.05) is 6.54 Å². The zero-order valence-corrected chi connectivity index (χ0v) is 7.55. The largest absolute Gasteiger partial charge is 0.429 e. The Labute approximate surface area is 74.3 Å². The van der Waals surface area contributed by atoms with Gasteiger partial charge in [-0.1, -0.05) is 0 Å². The van der Waals surface area contributed by atoms with Gasteiger partial charge in [0, 0.05) is 13.0 Å². The minimum Gasteiger partial charge on any atom is -0.370 e. The highest BCUT2D eigenvalue weighted by atomic mass is 31.2. The summed E-state index contributed by atoms with van der Waals surface area (Å²) in [6.07, 6.45) is -1.56. The van der Waals surface area contributed by atoms with E-state index in [1.807, 2.05) is 0 Å². The van der Waals surface area contributed by atoms with Crippen LogP contribution in [0.4, 0.5) is 0 Å². The van der Waals surface area contributed by atoms with E-state index in [1.54, 1.807) is 5.09 Å². The van der Waals surface area contributed by atoms with E-state index in [1.165, 1.54) is 0 Å². The van der Waals surface area contributed by atoms with Crippen LogP contribution in [0.15, 0.2) is 4.99 Å². The van der Waals surface area contributed by atoms with Gasteiger partial charge in [0.15, 0.2) is 12.2 Å². The molecule has 0 fully saturated rings. The fourth-order valence-corrected chi connectivity index (χ4v) is 0.854. The Morgan fingerprint density at radius 3 is 2.46 bits per heavy atom. The van der Waals surface area contributed by atoms with Crippen LogP contribution in [0.1, 0.15) is 6.42 Å². The highest BCUT2D eigenvalue weighted by Crippen LogP contribution is 2.27. The van der Waals surface area contributed by atoms with E-state index in [0.717, 1.165) is 0 Å². The molecule has 0 atom stereocenters. The molecule has 0 aromatic carbocycles. The maximum absolute atomic E-state index is 10.3. The van der Waals surface area contributed by atoms with Crippen LogP contribution in [0.3, 0.4) is 0 Å².